The highest BCUT2D eigenvalue weighted by Crippen LogP contribution is 2.22. The van der Waals surface area contributed by atoms with E-state index < -0.39 is 0 Å². The second kappa shape index (κ2) is 4.97. The summed E-state index contributed by atoms with van der Waals surface area (Å²) in [6, 6.07) is 0. The van der Waals surface area contributed by atoms with Crippen LogP contribution >= 0.6 is 0 Å². The molecule has 0 aromatic rings. The first-order valence-electron chi connectivity index (χ1n) is 5.26. The molecule has 13 heavy (non-hydrogen) atoms. The summed E-state index contributed by atoms with van der Waals surface area (Å²) < 4.78 is 0. The highest BCUT2D eigenvalue weighted by Gasteiger charge is 2.31. The van der Waals surface area contributed by atoms with Gasteiger partial charge in [0, 0.05) is 18.6 Å². The van der Waals surface area contributed by atoms with E-state index in [0.29, 0.717) is 11.8 Å². The van der Waals surface area contributed by atoms with Crippen molar-refractivity contribution in [2.75, 3.05) is 20.1 Å². The second-order valence-corrected chi connectivity index (χ2v) is 4.99. The Bertz CT molecular complexity index is 143. The zero-order valence-electron chi connectivity index (χ0n) is 10.1. The number of hydrogen-bond donors (Lipinski definition) is 1. The molecule has 1 unspecified atom stereocenters. The number of nitrogens with two attached hydrogens (primary N) is 1. The van der Waals surface area contributed by atoms with Gasteiger partial charge in [-0.15, -0.1) is 0 Å². The zero-order chi connectivity index (χ0) is 10.6. The summed E-state index contributed by atoms with van der Waals surface area (Å²) in [5, 5.41) is 0. The number of likely N-dealkylation sites (N-methyl/N-ethyl adjacent to an activating group) is 1. The summed E-state index contributed by atoms with van der Waals surface area (Å²) in [6.45, 7) is 13.1. The Morgan fingerprint density at radius 3 is 1.92 bits per heavy atom. The highest BCUT2D eigenvalue weighted by molar-refractivity contribution is 4.88. The fourth-order valence-electron chi connectivity index (χ4n) is 1.59. The largest absolute Gasteiger partial charge is 0.329 e. The molecule has 0 radical (unpaired) electrons. The Balaban J connectivity index is 4.38. The Morgan fingerprint density at radius 1 is 1.23 bits per heavy atom. The lowest BCUT2D eigenvalue weighted by Gasteiger charge is -2.42. The van der Waals surface area contributed by atoms with Gasteiger partial charge in [-0.2, -0.15) is 0 Å². The molecule has 0 aliphatic rings. The Kier molecular flexibility index (Phi) is 4.93. The molecule has 0 saturated carbocycles. The van der Waals surface area contributed by atoms with Crippen molar-refractivity contribution in [1.82, 2.24) is 4.90 Å². The third-order valence-electron chi connectivity index (χ3n) is 3.17. The van der Waals surface area contributed by atoms with E-state index in [2.05, 4.69) is 46.6 Å². The Labute approximate surface area is 83.5 Å². The van der Waals surface area contributed by atoms with E-state index in [0.717, 1.165) is 13.1 Å². The average Bonchev–Trinajstić information content (AvgIpc) is 2.01. The molecule has 2 heteroatoms. The second-order valence-electron chi connectivity index (χ2n) is 4.99. The van der Waals surface area contributed by atoms with Gasteiger partial charge in [-0.25, -0.2) is 0 Å². The zero-order valence-corrected chi connectivity index (χ0v) is 10.1. The van der Waals surface area contributed by atoms with Crippen LogP contribution in [-0.4, -0.2) is 30.6 Å². The van der Waals surface area contributed by atoms with Crippen molar-refractivity contribution in [3.63, 3.8) is 0 Å². The molecule has 0 saturated heterocycles. The van der Waals surface area contributed by atoms with Crippen molar-refractivity contribution >= 4 is 0 Å². The molecule has 2 N–H and O–H groups in total. The van der Waals surface area contributed by atoms with Crippen LogP contribution in [0.1, 0.15) is 34.6 Å². The van der Waals surface area contributed by atoms with Crippen molar-refractivity contribution < 1.29 is 0 Å². The minimum absolute atomic E-state index is 0.143. The summed E-state index contributed by atoms with van der Waals surface area (Å²) in [5.41, 5.74) is 5.99. The van der Waals surface area contributed by atoms with E-state index in [1.165, 1.54) is 0 Å². The summed E-state index contributed by atoms with van der Waals surface area (Å²) in [6.07, 6.45) is 0. The summed E-state index contributed by atoms with van der Waals surface area (Å²) in [4.78, 5) is 2.39. The first kappa shape index (κ1) is 12.9. The van der Waals surface area contributed by atoms with Crippen LogP contribution in [-0.2, 0) is 0 Å². The first-order valence-corrected chi connectivity index (χ1v) is 5.26. The summed E-state index contributed by atoms with van der Waals surface area (Å²) in [7, 11) is 2.17. The molecule has 0 aliphatic heterocycles. The smallest absolute Gasteiger partial charge is 0.0323 e. The fraction of sp³-hybridized carbons (Fsp3) is 1.00. The number of rotatable bonds is 5. The quantitative estimate of drug-likeness (QED) is 0.711. The van der Waals surface area contributed by atoms with Crippen LogP contribution in [0.3, 0.4) is 0 Å². The minimum Gasteiger partial charge on any atom is -0.329 e. The molecule has 0 spiro atoms. The van der Waals surface area contributed by atoms with E-state index in [4.69, 9.17) is 5.73 Å². The van der Waals surface area contributed by atoms with E-state index in [1.54, 1.807) is 0 Å². The standard InChI is InChI=1S/C11H26N2/c1-9(2)7-13(6)11(5,8-12)10(3)4/h9-10H,7-8,12H2,1-6H3. The van der Waals surface area contributed by atoms with Gasteiger partial charge in [-0.05, 0) is 25.8 Å². The molecule has 0 aromatic heterocycles. The molecule has 0 fully saturated rings. The maximum Gasteiger partial charge on any atom is 0.0323 e. The van der Waals surface area contributed by atoms with Crippen LogP contribution in [0.25, 0.3) is 0 Å². The number of nitrogens with zero attached hydrogens (tertiary/aromatic N) is 1. The van der Waals surface area contributed by atoms with Gasteiger partial charge in [0.05, 0.1) is 0 Å². The topological polar surface area (TPSA) is 29.3 Å². The third-order valence-corrected chi connectivity index (χ3v) is 3.17. The van der Waals surface area contributed by atoms with Crippen LogP contribution in [0.4, 0.5) is 0 Å². The maximum absolute atomic E-state index is 5.84. The lowest BCUT2D eigenvalue weighted by molar-refractivity contribution is 0.0833. The summed E-state index contributed by atoms with van der Waals surface area (Å²) in [5.74, 6) is 1.30. The molecule has 1 atom stereocenters. The molecule has 2 nitrogen and oxygen atoms in total. The molecule has 80 valence electrons. The van der Waals surface area contributed by atoms with E-state index in [1.807, 2.05) is 0 Å². The third kappa shape index (κ3) is 3.28. The van der Waals surface area contributed by atoms with Crippen LogP contribution in [0, 0.1) is 11.8 Å². The van der Waals surface area contributed by atoms with Crippen molar-refractivity contribution in [2.45, 2.75) is 40.2 Å². The van der Waals surface area contributed by atoms with Crippen LogP contribution in [0.2, 0.25) is 0 Å². The van der Waals surface area contributed by atoms with Crippen LogP contribution in [0.15, 0.2) is 0 Å². The average molecular weight is 186 g/mol. The molecular weight excluding hydrogens is 160 g/mol. The van der Waals surface area contributed by atoms with Gasteiger partial charge in [0.1, 0.15) is 0 Å². The van der Waals surface area contributed by atoms with Crippen molar-refractivity contribution in [1.29, 1.82) is 0 Å². The van der Waals surface area contributed by atoms with Gasteiger partial charge >= 0.3 is 0 Å². The van der Waals surface area contributed by atoms with Gasteiger partial charge in [0.2, 0.25) is 0 Å². The number of hydrogen-bond acceptors (Lipinski definition) is 2. The molecule has 0 rings (SSSR count). The molecule has 0 aliphatic carbocycles. The van der Waals surface area contributed by atoms with Gasteiger partial charge in [0.15, 0.2) is 0 Å². The van der Waals surface area contributed by atoms with Gasteiger partial charge in [-0.3, -0.25) is 4.90 Å². The fourth-order valence-corrected chi connectivity index (χ4v) is 1.59. The lowest BCUT2D eigenvalue weighted by atomic mass is 9.86. The molecular formula is C11H26N2. The van der Waals surface area contributed by atoms with Gasteiger partial charge < -0.3 is 5.73 Å². The normalized spacial score (nSPS) is 17.1. The van der Waals surface area contributed by atoms with E-state index >= 15 is 0 Å². The van der Waals surface area contributed by atoms with Gasteiger partial charge in [-0.1, -0.05) is 27.7 Å². The maximum atomic E-state index is 5.84. The van der Waals surface area contributed by atoms with Crippen molar-refractivity contribution in [3.8, 4) is 0 Å². The van der Waals surface area contributed by atoms with Crippen LogP contribution in [0.5, 0.6) is 0 Å². The van der Waals surface area contributed by atoms with Crippen LogP contribution < -0.4 is 5.73 Å². The summed E-state index contributed by atoms with van der Waals surface area (Å²) >= 11 is 0. The SMILES string of the molecule is CC(C)CN(C)C(C)(CN)C(C)C. The lowest BCUT2D eigenvalue weighted by Crippen LogP contribution is -2.54. The van der Waals surface area contributed by atoms with E-state index in [9.17, 15) is 0 Å². The minimum atomic E-state index is 0.143. The predicted molar refractivity (Wildman–Crippen MR) is 59.8 cm³/mol. The van der Waals surface area contributed by atoms with Crippen molar-refractivity contribution in [3.05, 3.63) is 0 Å². The monoisotopic (exact) mass is 186 g/mol. The highest BCUT2D eigenvalue weighted by atomic mass is 15.2. The Hall–Kier alpha value is -0.0800. The van der Waals surface area contributed by atoms with Crippen molar-refractivity contribution in [2.24, 2.45) is 17.6 Å². The first-order chi connectivity index (χ1) is 5.84. The predicted octanol–water partition coefficient (Wildman–Crippen LogP) is 1.95. The molecule has 0 aromatic carbocycles. The van der Waals surface area contributed by atoms with E-state index in [-0.39, 0.29) is 5.54 Å². The molecule has 0 bridgehead atoms. The molecule has 0 heterocycles. The molecule has 0 amide bonds. The Morgan fingerprint density at radius 2 is 1.69 bits per heavy atom. The van der Waals surface area contributed by atoms with Gasteiger partial charge in [0.25, 0.3) is 0 Å².